The van der Waals surface area contributed by atoms with E-state index in [9.17, 15) is 4.79 Å². The van der Waals surface area contributed by atoms with Gasteiger partial charge in [-0.2, -0.15) is 0 Å². The van der Waals surface area contributed by atoms with Crippen LogP contribution in [0.25, 0.3) is 0 Å². The van der Waals surface area contributed by atoms with Crippen molar-refractivity contribution in [3.63, 3.8) is 0 Å². The number of hydrogen-bond acceptors (Lipinski definition) is 4. The molecule has 0 spiro atoms. The molecule has 0 saturated carbocycles. The Labute approximate surface area is 142 Å². The molecule has 1 aliphatic rings. The van der Waals surface area contributed by atoms with E-state index in [0.29, 0.717) is 23.2 Å². The molecule has 0 bridgehead atoms. The predicted octanol–water partition coefficient (Wildman–Crippen LogP) is 2.19. The number of amides is 1. The maximum Gasteiger partial charge on any atom is 0.260 e. The van der Waals surface area contributed by atoms with Gasteiger partial charge in [-0.1, -0.05) is 23.7 Å². The van der Waals surface area contributed by atoms with E-state index in [2.05, 4.69) is 10.2 Å². The van der Waals surface area contributed by atoms with E-state index in [1.807, 2.05) is 12.1 Å². The number of carbonyl (C=O) groups is 1. The van der Waals surface area contributed by atoms with Crippen molar-refractivity contribution in [2.45, 2.75) is 19.4 Å². The monoisotopic (exact) mass is 340 g/mol. The van der Waals surface area contributed by atoms with Crippen LogP contribution < -0.4 is 10.1 Å². The number of nitrogens with one attached hydrogen (secondary N) is 1. The van der Waals surface area contributed by atoms with E-state index < -0.39 is 6.10 Å². The Morgan fingerprint density at radius 3 is 3.00 bits per heavy atom. The van der Waals surface area contributed by atoms with Crippen molar-refractivity contribution in [1.29, 1.82) is 0 Å². The fraction of sp³-hybridized carbons (Fsp3) is 0.588. The van der Waals surface area contributed by atoms with E-state index in [1.54, 1.807) is 26.2 Å². The third-order valence-corrected chi connectivity index (χ3v) is 4.37. The second-order valence-electron chi connectivity index (χ2n) is 5.88. The highest BCUT2D eigenvalue weighted by Gasteiger charge is 2.23. The summed E-state index contributed by atoms with van der Waals surface area (Å²) in [4.78, 5) is 14.5. The first-order chi connectivity index (χ1) is 11.1. The van der Waals surface area contributed by atoms with Crippen LogP contribution in [0.1, 0.15) is 13.3 Å². The summed E-state index contributed by atoms with van der Waals surface area (Å²) >= 11 is 6.04. The van der Waals surface area contributed by atoms with Crippen molar-refractivity contribution in [3.05, 3.63) is 29.3 Å². The molecule has 23 heavy (non-hydrogen) atoms. The summed E-state index contributed by atoms with van der Waals surface area (Å²) in [5.74, 6) is 0.909. The van der Waals surface area contributed by atoms with Crippen molar-refractivity contribution in [2.24, 2.45) is 5.92 Å². The van der Waals surface area contributed by atoms with Crippen molar-refractivity contribution in [2.75, 3.05) is 39.9 Å². The molecule has 1 aliphatic heterocycles. The van der Waals surface area contributed by atoms with Gasteiger partial charge < -0.3 is 19.7 Å². The van der Waals surface area contributed by atoms with Gasteiger partial charge in [0.1, 0.15) is 5.75 Å². The number of nitrogens with zero attached hydrogens (tertiary/aromatic N) is 1. The lowest BCUT2D eigenvalue weighted by molar-refractivity contribution is -0.127. The second kappa shape index (κ2) is 9.11. The maximum absolute atomic E-state index is 12.2. The smallest absolute Gasteiger partial charge is 0.260 e. The van der Waals surface area contributed by atoms with E-state index in [-0.39, 0.29) is 5.91 Å². The fourth-order valence-corrected chi connectivity index (χ4v) is 2.86. The normalized spacial score (nSPS) is 19.5. The third-order valence-electron chi connectivity index (χ3n) is 4.06. The molecule has 1 aromatic carbocycles. The largest absolute Gasteiger partial charge is 0.479 e. The van der Waals surface area contributed by atoms with Crippen LogP contribution in [0.5, 0.6) is 5.75 Å². The molecule has 6 heteroatoms. The highest BCUT2D eigenvalue weighted by atomic mass is 35.5. The van der Waals surface area contributed by atoms with Crippen LogP contribution in [0.2, 0.25) is 5.02 Å². The Balaban J connectivity index is 1.71. The number of hydrogen-bond donors (Lipinski definition) is 1. The van der Waals surface area contributed by atoms with Crippen LogP contribution in [0.15, 0.2) is 24.3 Å². The van der Waals surface area contributed by atoms with Gasteiger partial charge in [0.2, 0.25) is 0 Å². The molecule has 1 saturated heterocycles. The first-order valence-electron chi connectivity index (χ1n) is 8.00. The summed E-state index contributed by atoms with van der Waals surface area (Å²) < 4.78 is 10.7. The Kier molecular flexibility index (Phi) is 7.15. The molecule has 0 radical (unpaired) electrons. The number of benzene rings is 1. The molecule has 0 aliphatic carbocycles. The van der Waals surface area contributed by atoms with Crippen molar-refractivity contribution >= 4 is 17.5 Å². The number of likely N-dealkylation sites (tertiary alicyclic amines) is 1. The molecule has 2 atom stereocenters. The molecular weight excluding hydrogens is 316 g/mol. The molecular formula is C17H25ClN2O3. The topological polar surface area (TPSA) is 50.8 Å². The molecule has 0 unspecified atom stereocenters. The molecule has 2 rings (SSSR count). The molecule has 5 nitrogen and oxygen atoms in total. The van der Waals surface area contributed by atoms with Crippen LogP contribution >= 0.6 is 11.6 Å². The minimum Gasteiger partial charge on any atom is -0.479 e. The summed E-state index contributed by atoms with van der Waals surface area (Å²) in [5, 5.41) is 3.49. The molecule has 1 fully saturated rings. The van der Waals surface area contributed by atoms with Gasteiger partial charge in [0, 0.05) is 26.7 Å². The SMILES string of the molecule is COCCN1CC[C@H](CNC(=O)[C@@H](C)Oc2ccccc2Cl)C1. The molecule has 1 aromatic rings. The second-order valence-corrected chi connectivity index (χ2v) is 6.29. The van der Waals surface area contributed by atoms with Crippen molar-refractivity contribution in [3.8, 4) is 5.75 Å². The lowest BCUT2D eigenvalue weighted by atomic mass is 10.1. The first kappa shape index (κ1) is 18.0. The summed E-state index contributed by atoms with van der Waals surface area (Å²) in [6.07, 6.45) is 0.532. The quantitative estimate of drug-likeness (QED) is 0.788. The van der Waals surface area contributed by atoms with Gasteiger partial charge in [-0.3, -0.25) is 4.79 Å². The van der Waals surface area contributed by atoms with E-state index >= 15 is 0 Å². The lowest BCUT2D eigenvalue weighted by Crippen LogP contribution is -2.39. The van der Waals surface area contributed by atoms with E-state index in [4.69, 9.17) is 21.1 Å². The van der Waals surface area contributed by atoms with Gasteiger partial charge in [0.15, 0.2) is 6.10 Å². The van der Waals surface area contributed by atoms with E-state index in [0.717, 1.165) is 32.7 Å². The zero-order valence-corrected chi connectivity index (χ0v) is 14.5. The van der Waals surface area contributed by atoms with Crippen LogP contribution in [0.3, 0.4) is 0 Å². The minimum atomic E-state index is -0.569. The number of para-hydroxylation sites is 1. The van der Waals surface area contributed by atoms with Crippen LogP contribution in [-0.2, 0) is 9.53 Å². The lowest BCUT2D eigenvalue weighted by Gasteiger charge is -2.18. The summed E-state index contributed by atoms with van der Waals surface area (Å²) in [7, 11) is 1.72. The Bertz CT molecular complexity index is 512. The minimum absolute atomic E-state index is 0.111. The average molecular weight is 341 g/mol. The van der Waals surface area contributed by atoms with Gasteiger partial charge >= 0.3 is 0 Å². The van der Waals surface area contributed by atoms with Crippen molar-refractivity contribution < 1.29 is 14.3 Å². The fourth-order valence-electron chi connectivity index (χ4n) is 2.68. The van der Waals surface area contributed by atoms with Crippen LogP contribution in [-0.4, -0.2) is 56.8 Å². The van der Waals surface area contributed by atoms with Gasteiger partial charge in [-0.05, 0) is 37.9 Å². The van der Waals surface area contributed by atoms with Crippen molar-refractivity contribution in [1.82, 2.24) is 10.2 Å². The maximum atomic E-state index is 12.2. The van der Waals surface area contributed by atoms with E-state index in [1.165, 1.54) is 0 Å². The van der Waals surface area contributed by atoms with Gasteiger partial charge in [0.25, 0.3) is 5.91 Å². The molecule has 0 aromatic heterocycles. The van der Waals surface area contributed by atoms with Crippen LogP contribution in [0.4, 0.5) is 0 Å². The number of rotatable bonds is 8. The number of methoxy groups -OCH3 is 1. The third kappa shape index (κ3) is 5.68. The molecule has 1 amide bonds. The highest BCUT2D eigenvalue weighted by molar-refractivity contribution is 6.32. The van der Waals surface area contributed by atoms with Gasteiger partial charge in [0.05, 0.1) is 11.6 Å². The Morgan fingerprint density at radius 1 is 1.48 bits per heavy atom. The number of carbonyl (C=O) groups excluding carboxylic acids is 1. The Morgan fingerprint density at radius 2 is 2.26 bits per heavy atom. The summed E-state index contributed by atoms with van der Waals surface area (Å²) in [6.45, 7) is 6.18. The zero-order chi connectivity index (χ0) is 16.7. The van der Waals surface area contributed by atoms with Crippen LogP contribution in [0, 0.1) is 5.92 Å². The van der Waals surface area contributed by atoms with Gasteiger partial charge in [-0.15, -0.1) is 0 Å². The average Bonchev–Trinajstić information content (AvgIpc) is 3.00. The zero-order valence-electron chi connectivity index (χ0n) is 13.8. The molecule has 128 valence electrons. The first-order valence-corrected chi connectivity index (χ1v) is 8.38. The predicted molar refractivity (Wildman–Crippen MR) is 91.0 cm³/mol. The highest BCUT2D eigenvalue weighted by Crippen LogP contribution is 2.24. The Hall–Kier alpha value is -1.30. The number of halogens is 1. The molecule has 1 N–H and O–H groups in total. The van der Waals surface area contributed by atoms with Gasteiger partial charge in [-0.25, -0.2) is 0 Å². The summed E-state index contributed by atoms with van der Waals surface area (Å²) in [5.41, 5.74) is 0. The molecule has 1 heterocycles. The standard InChI is InChI=1S/C17H25ClN2O3/c1-13(23-16-6-4-3-5-15(16)18)17(21)19-11-14-7-8-20(12-14)9-10-22-2/h3-6,13-14H,7-12H2,1-2H3,(H,19,21)/t13-,14-/m1/s1. The summed E-state index contributed by atoms with van der Waals surface area (Å²) in [6, 6.07) is 7.17. The number of ether oxygens (including phenoxy) is 2.